The van der Waals surface area contributed by atoms with Gasteiger partial charge in [0.1, 0.15) is 11.6 Å². The number of aryl methyl sites for hydroxylation is 3. The van der Waals surface area contributed by atoms with Crippen molar-refractivity contribution in [3.63, 3.8) is 0 Å². The van der Waals surface area contributed by atoms with Gasteiger partial charge in [0.2, 0.25) is 5.82 Å². The summed E-state index contributed by atoms with van der Waals surface area (Å²) in [6.07, 6.45) is 0.758. The first-order valence-corrected chi connectivity index (χ1v) is 15.0. The van der Waals surface area contributed by atoms with Crippen LogP contribution in [0.2, 0.25) is 0 Å². The number of rotatable bonds is 12. The summed E-state index contributed by atoms with van der Waals surface area (Å²) in [5, 5.41) is 31.5. The van der Waals surface area contributed by atoms with Crippen molar-refractivity contribution in [2.75, 3.05) is 57.6 Å². The van der Waals surface area contributed by atoms with Crippen LogP contribution >= 0.6 is 0 Å². The molecule has 11 nitrogen and oxygen atoms in total. The average molecular weight is 601 g/mol. The van der Waals surface area contributed by atoms with Crippen molar-refractivity contribution >= 4 is 5.82 Å². The number of nitrogens with zero attached hydrogens (tertiary/aromatic N) is 4. The van der Waals surface area contributed by atoms with Crippen LogP contribution in [-0.2, 0) is 15.9 Å². The number of aliphatic hydroxyl groups is 3. The molecule has 0 aliphatic carbocycles. The molecule has 0 atom stereocenters. The average Bonchev–Trinajstić information content (AvgIpc) is 3.49. The summed E-state index contributed by atoms with van der Waals surface area (Å²) in [7, 11) is 0. The van der Waals surface area contributed by atoms with Crippen molar-refractivity contribution in [1.82, 2.24) is 15.1 Å². The van der Waals surface area contributed by atoms with Gasteiger partial charge in [0.15, 0.2) is 5.79 Å². The van der Waals surface area contributed by atoms with E-state index >= 15 is 0 Å². The minimum absolute atomic E-state index is 0.120. The molecule has 0 radical (unpaired) electrons. The van der Waals surface area contributed by atoms with Gasteiger partial charge in [-0.2, -0.15) is 4.98 Å². The van der Waals surface area contributed by atoms with Crippen LogP contribution in [0.25, 0.3) is 22.8 Å². The summed E-state index contributed by atoms with van der Waals surface area (Å²) in [6, 6.07) is 7.90. The van der Waals surface area contributed by atoms with Crippen LogP contribution in [0.1, 0.15) is 51.4 Å². The maximum atomic E-state index is 9.31. The van der Waals surface area contributed by atoms with Gasteiger partial charge in [0, 0.05) is 41.7 Å². The number of pyridine rings is 1. The van der Waals surface area contributed by atoms with Gasteiger partial charge in [-0.15, -0.1) is 0 Å². The molecular weight excluding hydrogens is 552 g/mol. The second kappa shape index (κ2) is 16.1. The van der Waals surface area contributed by atoms with Gasteiger partial charge in [0.25, 0.3) is 5.89 Å². The lowest BCUT2D eigenvalue weighted by Gasteiger charge is -2.34. The molecule has 0 saturated carbocycles. The Morgan fingerprint density at radius 3 is 2.21 bits per heavy atom. The fourth-order valence-corrected chi connectivity index (χ4v) is 4.58. The minimum Gasteiger partial charge on any atom is -0.493 e. The molecule has 0 spiro atoms. The molecule has 1 aliphatic heterocycles. The zero-order chi connectivity index (χ0) is 31.6. The van der Waals surface area contributed by atoms with E-state index < -0.39 is 5.79 Å². The minimum atomic E-state index is -0.453. The topological polar surface area (TPSA) is 143 Å². The molecular formula is C32H48N4O7. The first kappa shape index (κ1) is 34.4. The molecule has 3 heterocycles. The first-order valence-electron chi connectivity index (χ1n) is 15.0. The standard InChI is InChI=1S/C25H34N4O4.C7H14O3/c1-6-19-11-20(9-16(4)23(19)32-15-18(13-30)14-31)24-27-25(33-28-24)21-10-17(5)26-22(12-21)29(7-2)8-3;1-7(2)9-4-6(3-8)5-10-7/h9-12,18,30-31H,6-8,13-15H2,1-5H3;6,8H,3-5H2,1-2H3. The van der Waals surface area contributed by atoms with Crippen LogP contribution in [0.15, 0.2) is 28.8 Å². The van der Waals surface area contributed by atoms with Gasteiger partial charge < -0.3 is 39.0 Å². The van der Waals surface area contributed by atoms with Gasteiger partial charge in [0.05, 0.1) is 39.6 Å². The lowest BCUT2D eigenvalue weighted by molar-refractivity contribution is -0.265. The normalized spacial score (nSPS) is 14.9. The van der Waals surface area contributed by atoms with E-state index in [1.54, 1.807) is 0 Å². The number of hydrogen-bond donors (Lipinski definition) is 3. The summed E-state index contributed by atoms with van der Waals surface area (Å²) < 4.78 is 22.1. The number of aliphatic hydroxyl groups excluding tert-OH is 3. The Kier molecular flexibility index (Phi) is 12.9. The fourth-order valence-electron chi connectivity index (χ4n) is 4.58. The summed E-state index contributed by atoms with van der Waals surface area (Å²) in [4.78, 5) is 11.5. The number of hydrogen-bond acceptors (Lipinski definition) is 11. The van der Waals surface area contributed by atoms with Crippen LogP contribution in [0.4, 0.5) is 5.82 Å². The lowest BCUT2D eigenvalue weighted by atomic mass is 10.0. The molecule has 4 rings (SSSR count). The smallest absolute Gasteiger partial charge is 0.258 e. The highest BCUT2D eigenvalue weighted by molar-refractivity contribution is 5.65. The molecule has 0 unspecified atom stereocenters. The third-order valence-electron chi connectivity index (χ3n) is 7.26. The highest BCUT2D eigenvalue weighted by atomic mass is 16.7. The summed E-state index contributed by atoms with van der Waals surface area (Å²) >= 11 is 0. The Bertz CT molecular complexity index is 1280. The molecule has 0 bridgehead atoms. The van der Waals surface area contributed by atoms with Crippen LogP contribution < -0.4 is 9.64 Å². The van der Waals surface area contributed by atoms with Crippen molar-refractivity contribution in [3.05, 3.63) is 41.1 Å². The molecule has 3 N–H and O–H groups in total. The molecule has 1 aromatic carbocycles. The van der Waals surface area contributed by atoms with Crippen LogP contribution in [0, 0.1) is 25.7 Å². The van der Waals surface area contributed by atoms with Gasteiger partial charge in [-0.1, -0.05) is 12.1 Å². The Balaban J connectivity index is 0.000000428. The molecule has 238 valence electrons. The SMILES string of the molecule is CC1(C)OCC(CO)CO1.CCc1cc(-c2noc(-c3cc(C)nc(N(CC)CC)c3)n2)cc(C)c1OCC(CO)CO. The second-order valence-electron chi connectivity index (χ2n) is 11.2. The Labute approximate surface area is 254 Å². The van der Waals surface area contributed by atoms with E-state index in [-0.39, 0.29) is 38.3 Å². The van der Waals surface area contributed by atoms with Crippen molar-refractivity contribution in [2.45, 2.75) is 60.7 Å². The van der Waals surface area contributed by atoms with E-state index in [1.807, 2.05) is 52.0 Å². The first-order chi connectivity index (χ1) is 20.6. The zero-order valence-corrected chi connectivity index (χ0v) is 26.6. The molecule has 1 fully saturated rings. The maximum Gasteiger partial charge on any atom is 0.258 e. The van der Waals surface area contributed by atoms with Gasteiger partial charge in [-0.05, 0) is 83.4 Å². The van der Waals surface area contributed by atoms with Gasteiger partial charge >= 0.3 is 0 Å². The molecule has 3 aromatic rings. The predicted molar refractivity (Wildman–Crippen MR) is 165 cm³/mol. The Morgan fingerprint density at radius 2 is 1.63 bits per heavy atom. The number of aromatic nitrogens is 3. The Morgan fingerprint density at radius 1 is 0.953 bits per heavy atom. The van der Waals surface area contributed by atoms with Crippen molar-refractivity contribution in [2.24, 2.45) is 11.8 Å². The quantitative estimate of drug-likeness (QED) is 0.275. The third kappa shape index (κ3) is 9.45. The molecule has 1 saturated heterocycles. The highest BCUT2D eigenvalue weighted by Crippen LogP contribution is 2.32. The van der Waals surface area contributed by atoms with E-state index in [0.29, 0.717) is 24.9 Å². The van der Waals surface area contributed by atoms with Crippen molar-refractivity contribution in [1.29, 1.82) is 0 Å². The molecule has 11 heteroatoms. The Hall–Kier alpha value is -3.09. The van der Waals surface area contributed by atoms with Gasteiger partial charge in [-0.25, -0.2) is 4.98 Å². The largest absolute Gasteiger partial charge is 0.493 e. The molecule has 43 heavy (non-hydrogen) atoms. The maximum absolute atomic E-state index is 9.31. The second-order valence-corrected chi connectivity index (χ2v) is 11.2. The van der Waals surface area contributed by atoms with E-state index in [2.05, 4.69) is 40.8 Å². The predicted octanol–water partition coefficient (Wildman–Crippen LogP) is 4.18. The number of anilines is 1. The molecule has 0 amide bonds. The molecule has 1 aliphatic rings. The highest BCUT2D eigenvalue weighted by Gasteiger charge is 2.27. The summed E-state index contributed by atoms with van der Waals surface area (Å²) in [5.74, 6) is 2.03. The van der Waals surface area contributed by atoms with Crippen LogP contribution in [0.3, 0.4) is 0 Å². The molecule has 2 aromatic heterocycles. The van der Waals surface area contributed by atoms with Crippen LogP contribution in [-0.4, -0.2) is 89.0 Å². The summed E-state index contributed by atoms with van der Waals surface area (Å²) in [5.41, 5.74) is 4.53. The monoisotopic (exact) mass is 600 g/mol. The fraction of sp³-hybridized carbons (Fsp3) is 0.594. The van der Waals surface area contributed by atoms with Crippen molar-refractivity contribution in [3.8, 4) is 28.6 Å². The number of benzene rings is 1. The zero-order valence-electron chi connectivity index (χ0n) is 26.6. The summed E-state index contributed by atoms with van der Waals surface area (Å²) in [6.45, 7) is 17.0. The van der Waals surface area contributed by atoms with E-state index in [1.165, 1.54) is 0 Å². The van der Waals surface area contributed by atoms with E-state index in [0.717, 1.165) is 59.0 Å². The van der Waals surface area contributed by atoms with E-state index in [4.69, 9.17) is 23.8 Å². The third-order valence-corrected chi connectivity index (χ3v) is 7.26. The van der Waals surface area contributed by atoms with Crippen molar-refractivity contribution < 1.29 is 34.1 Å². The lowest BCUT2D eigenvalue weighted by Crippen LogP contribution is -2.40. The van der Waals surface area contributed by atoms with E-state index in [9.17, 15) is 10.2 Å². The van der Waals surface area contributed by atoms with Crippen LogP contribution in [0.5, 0.6) is 5.75 Å². The number of ether oxygens (including phenoxy) is 3. The van der Waals surface area contributed by atoms with Gasteiger partial charge in [-0.3, -0.25) is 0 Å².